The number of nitrogens with zero attached hydrogens (tertiary/aromatic N) is 2. The van der Waals surface area contributed by atoms with Gasteiger partial charge in [0.15, 0.2) is 0 Å². The van der Waals surface area contributed by atoms with E-state index in [-0.39, 0.29) is 6.04 Å². The van der Waals surface area contributed by atoms with Crippen LogP contribution in [0.25, 0.3) is 0 Å². The summed E-state index contributed by atoms with van der Waals surface area (Å²) < 4.78 is 3.86. The molecule has 0 saturated heterocycles. The Morgan fingerprint density at radius 1 is 1.64 bits per heavy atom. The Morgan fingerprint density at radius 2 is 2.50 bits per heavy atom. The van der Waals surface area contributed by atoms with Crippen LogP contribution in [0.3, 0.4) is 0 Å². The molecule has 1 aromatic rings. The second kappa shape index (κ2) is 4.36. The van der Waals surface area contributed by atoms with E-state index in [1.165, 1.54) is 30.8 Å². The van der Waals surface area contributed by atoms with Gasteiger partial charge in [0.05, 0.1) is 5.69 Å². The maximum atomic E-state index is 6.20. The molecule has 0 radical (unpaired) electrons. The zero-order valence-electron chi connectivity index (χ0n) is 8.52. The van der Waals surface area contributed by atoms with Crippen molar-refractivity contribution in [3.05, 3.63) is 11.1 Å². The van der Waals surface area contributed by atoms with Gasteiger partial charge in [-0.05, 0) is 29.8 Å². The molecule has 1 saturated carbocycles. The van der Waals surface area contributed by atoms with Gasteiger partial charge < -0.3 is 5.73 Å². The predicted octanol–water partition coefficient (Wildman–Crippen LogP) is 1.84. The standard InChI is InChI=1S/C10H17N3S/c1-7-3-2-4-9(7)10(11)5-8-6-14-13-12-8/h6-7,9-10H,2-5,11H2,1H3. The number of rotatable bonds is 3. The Balaban J connectivity index is 1.92. The first-order valence-electron chi connectivity index (χ1n) is 5.29. The van der Waals surface area contributed by atoms with Gasteiger partial charge in [0.1, 0.15) is 0 Å². The van der Waals surface area contributed by atoms with Crippen LogP contribution in [0.15, 0.2) is 5.38 Å². The summed E-state index contributed by atoms with van der Waals surface area (Å²) in [5.74, 6) is 1.48. The molecule has 2 rings (SSSR count). The minimum absolute atomic E-state index is 0.274. The minimum Gasteiger partial charge on any atom is -0.327 e. The van der Waals surface area contributed by atoms with Crippen molar-refractivity contribution >= 4 is 11.5 Å². The van der Waals surface area contributed by atoms with E-state index in [4.69, 9.17) is 5.73 Å². The highest BCUT2D eigenvalue weighted by Crippen LogP contribution is 2.33. The van der Waals surface area contributed by atoms with Crippen LogP contribution < -0.4 is 5.73 Å². The van der Waals surface area contributed by atoms with Crippen LogP contribution in [-0.2, 0) is 6.42 Å². The molecule has 3 atom stereocenters. The SMILES string of the molecule is CC1CCCC1C(N)Cc1csnn1. The highest BCUT2D eigenvalue weighted by Gasteiger charge is 2.28. The number of aromatic nitrogens is 2. The van der Waals surface area contributed by atoms with E-state index in [0.29, 0.717) is 5.92 Å². The summed E-state index contributed by atoms with van der Waals surface area (Å²) in [5, 5.41) is 6.04. The van der Waals surface area contributed by atoms with Gasteiger partial charge >= 0.3 is 0 Å². The third-order valence-electron chi connectivity index (χ3n) is 3.33. The third kappa shape index (κ3) is 2.12. The molecule has 0 aromatic carbocycles. The fourth-order valence-corrected chi connectivity index (χ4v) is 2.94. The first-order valence-corrected chi connectivity index (χ1v) is 6.12. The topological polar surface area (TPSA) is 51.8 Å². The molecular formula is C10H17N3S. The number of hydrogen-bond donors (Lipinski definition) is 1. The Morgan fingerprint density at radius 3 is 3.07 bits per heavy atom. The normalized spacial score (nSPS) is 29.3. The first-order chi connectivity index (χ1) is 6.77. The molecule has 3 unspecified atom stereocenters. The van der Waals surface area contributed by atoms with E-state index in [9.17, 15) is 0 Å². The quantitative estimate of drug-likeness (QED) is 0.830. The molecule has 4 heteroatoms. The summed E-state index contributed by atoms with van der Waals surface area (Å²) in [6, 6.07) is 0.274. The van der Waals surface area contributed by atoms with Crippen molar-refractivity contribution in [3.8, 4) is 0 Å². The van der Waals surface area contributed by atoms with Crippen molar-refractivity contribution in [1.29, 1.82) is 0 Å². The van der Waals surface area contributed by atoms with Crippen molar-refractivity contribution in [2.24, 2.45) is 17.6 Å². The summed E-state index contributed by atoms with van der Waals surface area (Å²) in [6.45, 7) is 2.32. The van der Waals surface area contributed by atoms with Crippen molar-refractivity contribution < 1.29 is 0 Å². The van der Waals surface area contributed by atoms with Crippen LogP contribution in [0, 0.1) is 11.8 Å². The molecular weight excluding hydrogens is 194 g/mol. The molecule has 2 N–H and O–H groups in total. The lowest BCUT2D eigenvalue weighted by Gasteiger charge is -2.22. The molecule has 78 valence electrons. The largest absolute Gasteiger partial charge is 0.327 e. The average molecular weight is 211 g/mol. The molecule has 1 aliphatic rings. The molecule has 0 aliphatic heterocycles. The van der Waals surface area contributed by atoms with E-state index >= 15 is 0 Å². The van der Waals surface area contributed by atoms with Crippen molar-refractivity contribution in [3.63, 3.8) is 0 Å². The minimum atomic E-state index is 0.274. The van der Waals surface area contributed by atoms with E-state index in [1.807, 2.05) is 5.38 Å². The van der Waals surface area contributed by atoms with Crippen molar-refractivity contribution in [1.82, 2.24) is 9.59 Å². The Labute approximate surface area is 88.9 Å². The molecule has 1 aromatic heterocycles. The van der Waals surface area contributed by atoms with E-state index in [2.05, 4.69) is 16.5 Å². The third-order valence-corrected chi connectivity index (χ3v) is 3.88. The summed E-state index contributed by atoms with van der Waals surface area (Å²) >= 11 is 1.41. The van der Waals surface area contributed by atoms with Gasteiger partial charge in [0, 0.05) is 17.8 Å². The lowest BCUT2D eigenvalue weighted by Crippen LogP contribution is -2.33. The maximum absolute atomic E-state index is 6.20. The molecule has 1 aliphatic carbocycles. The van der Waals surface area contributed by atoms with E-state index < -0.39 is 0 Å². The second-order valence-corrected chi connectivity index (χ2v) is 4.95. The smallest absolute Gasteiger partial charge is 0.0771 e. The van der Waals surface area contributed by atoms with Crippen molar-refractivity contribution in [2.75, 3.05) is 0 Å². The Bertz CT molecular complexity index is 273. The average Bonchev–Trinajstić information content (AvgIpc) is 2.75. The molecule has 0 amide bonds. The Hall–Kier alpha value is -0.480. The predicted molar refractivity (Wildman–Crippen MR) is 58.1 cm³/mol. The van der Waals surface area contributed by atoms with Crippen LogP contribution in [0.1, 0.15) is 31.9 Å². The van der Waals surface area contributed by atoms with Crippen molar-refractivity contribution in [2.45, 2.75) is 38.6 Å². The first kappa shape index (κ1) is 10.1. The van der Waals surface area contributed by atoms with Crippen LogP contribution >= 0.6 is 11.5 Å². The lowest BCUT2D eigenvalue weighted by molar-refractivity contribution is 0.341. The zero-order valence-corrected chi connectivity index (χ0v) is 9.33. The zero-order chi connectivity index (χ0) is 9.97. The fourth-order valence-electron chi connectivity index (χ4n) is 2.48. The van der Waals surface area contributed by atoms with Gasteiger partial charge in [-0.25, -0.2) is 0 Å². The highest BCUT2D eigenvalue weighted by molar-refractivity contribution is 7.03. The van der Waals surface area contributed by atoms with E-state index in [1.54, 1.807) is 0 Å². The molecule has 1 fully saturated rings. The molecule has 1 heterocycles. The van der Waals surface area contributed by atoms with E-state index in [0.717, 1.165) is 18.0 Å². The summed E-state index contributed by atoms with van der Waals surface area (Å²) in [6.07, 6.45) is 4.87. The molecule has 0 spiro atoms. The second-order valence-electron chi connectivity index (χ2n) is 4.34. The van der Waals surface area contributed by atoms with Crippen LogP contribution in [-0.4, -0.2) is 15.6 Å². The Kier molecular flexibility index (Phi) is 3.13. The van der Waals surface area contributed by atoms with Crippen LogP contribution in [0.5, 0.6) is 0 Å². The maximum Gasteiger partial charge on any atom is 0.0771 e. The summed E-state index contributed by atoms with van der Waals surface area (Å²) in [5.41, 5.74) is 7.25. The van der Waals surface area contributed by atoms with Gasteiger partial charge in [-0.2, -0.15) is 0 Å². The van der Waals surface area contributed by atoms with Crippen LogP contribution in [0.2, 0.25) is 0 Å². The number of hydrogen-bond acceptors (Lipinski definition) is 4. The van der Waals surface area contributed by atoms with Gasteiger partial charge in [-0.3, -0.25) is 0 Å². The highest BCUT2D eigenvalue weighted by atomic mass is 32.1. The molecule has 3 nitrogen and oxygen atoms in total. The summed E-state index contributed by atoms with van der Waals surface area (Å²) in [7, 11) is 0. The fraction of sp³-hybridized carbons (Fsp3) is 0.800. The van der Waals surface area contributed by atoms with Gasteiger partial charge in [0.25, 0.3) is 0 Å². The van der Waals surface area contributed by atoms with Gasteiger partial charge in [-0.15, -0.1) is 5.10 Å². The van der Waals surface area contributed by atoms with Crippen LogP contribution in [0.4, 0.5) is 0 Å². The lowest BCUT2D eigenvalue weighted by atomic mass is 9.88. The van der Waals surface area contributed by atoms with Gasteiger partial charge in [0.2, 0.25) is 0 Å². The monoisotopic (exact) mass is 211 g/mol. The number of nitrogens with two attached hydrogens (primary N) is 1. The van der Waals surface area contributed by atoms with Gasteiger partial charge in [-0.1, -0.05) is 24.3 Å². The molecule has 0 bridgehead atoms. The molecule has 14 heavy (non-hydrogen) atoms. The summed E-state index contributed by atoms with van der Waals surface area (Å²) in [4.78, 5) is 0.